The van der Waals surface area contributed by atoms with Crippen LogP contribution in [0.4, 0.5) is 15.8 Å². The minimum absolute atomic E-state index is 0.0648. The van der Waals surface area contributed by atoms with Crippen molar-refractivity contribution >= 4 is 33.2 Å². The third-order valence-corrected chi connectivity index (χ3v) is 8.34. The van der Waals surface area contributed by atoms with Crippen LogP contribution in [-0.2, 0) is 26.2 Å². The van der Waals surface area contributed by atoms with Gasteiger partial charge in [-0.3, -0.25) is 24.0 Å². The molecule has 3 rings (SSSR count). The van der Waals surface area contributed by atoms with Crippen LogP contribution in [0.15, 0.2) is 71.6 Å². The van der Waals surface area contributed by atoms with E-state index < -0.39 is 61.3 Å². The van der Waals surface area contributed by atoms with Gasteiger partial charge in [-0.2, -0.15) is 0 Å². The Bertz CT molecular complexity index is 1610. The first-order valence-corrected chi connectivity index (χ1v) is 14.8. The Labute approximate surface area is 250 Å². The van der Waals surface area contributed by atoms with Gasteiger partial charge >= 0.3 is 0 Å². The summed E-state index contributed by atoms with van der Waals surface area (Å²) in [6, 6.07) is 13.9. The van der Waals surface area contributed by atoms with E-state index in [-0.39, 0.29) is 23.4 Å². The standard InChI is InChI=1S/C30H35FN4O7S/c1-20-11-16-25(17-27(20)35(38)39)43(40,41)34(23-12-14-24(42-6)15-13-23)19-28(36)33(18-22-9-7-8-10-26(22)31)21(2)29(37)32-30(3,4)5/h7-17,21H,18-19H2,1-6H3,(H,32,37). The zero-order valence-electron chi connectivity index (χ0n) is 24.8. The van der Waals surface area contributed by atoms with Gasteiger partial charge in [0.05, 0.1) is 22.6 Å². The second-order valence-electron chi connectivity index (χ2n) is 10.9. The number of methoxy groups -OCH3 is 1. The quantitative estimate of drug-likeness (QED) is 0.246. The number of rotatable bonds is 11. The average molecular weight is 615 g/mol. The van der Waals surface area contributed by atoms with E-state index >= 15 is 0 Å². The molecule has 2 amide bonds. The maximum Gasteiger partial charge on any atom is 0.273 e. The van der Waals surface area contributed by atoms with Crippen LogP contribution in [0.25, 0.3) is 0 Å². The number of hydrogen-bond donors (Lipinski definition) is 1. The second kappa shape index (κ2) is 13.2. The Hall–Kier alpha value is -4.52. The maximum absolute atomic E-state index is 14.7. The number of benzene rings is 3. The molecule has 3 aromatic carbocycles. The largest absolute Gasteiger partial charge is 0.497 e. The molecule has 0 saturated heterocycles. The number of nitrogens with zero attached hydrogens (tertiary/aromatic N) is 3. The van der Waals surface area contributed by atoms with E-state index in [9.17, 15) is 32.5 Å². The van der Waals surface area contributed by atoms with Gasteiger partial charge in [0.25, 0.3) is 15.7 Å². The normalized spacial score (nSPS) is 12.3. The molecule has 43 heavy (non-hydrogen) atoms. The summed E-state index contributed by atoms with van der Waals surface area (Å²) in [5, 5.41) is 14.4. The van der Waals surface area contributed by atoms with Gasteiger partial charge in [-0.25, -0.2) is 12.8 Å². The van der Waals surface area contributed by atoms with E-state index in [2.05, 4.69) is 5.32 Å². The first-order chi connectivity index (χ1) is 20.0. The molecule has 0 spiro atoms. The lowest BCUT2D eigenvalue weighted by molar-refractivity contribution is -0.385. The predicted octanol–water partition coefficient (Wildman–Crippen LogP) is 4.58. The Morgan fingerprint density at radius 1 is 1.07 bits per heavy atom. The highest BCUT2D eigenvalue weighted by atomic mass is 32.2. The number of hydrogen-bond acceptors (Lipinski definition) is 7. The molecule has 1 unspecified atom stereocenters. The van der Waals surface area contributed by atoms with Crippen LogP contribution < -0.4 is 14.4 Å². The summed E-state index contributed by atoms with van der Waals surface area (Å²) < 4.78 is 48.6. The van der Waals surface area contributed by atoms with Gasteiger partial charge in [-0.1, -0.05) is 24.3 Å². The fourth-order valence-electron chi connectivity index (χ4n) is 4.22. The average Bonchev–Trinajstić information content (AvgIpc) is 2.94. The van der Waals surface area contributed by atoms with Crippen molar-refractivity contribution in [2.75, 3.05) is 18.0 Å². The number of aryl methyl sites for hydroxylation is 1. The Balaban J connectivity index is 2.11. The smallest absolute Gasteiger partial charge is 0.273 e. The minimum Gasteiger partial charge on any atom is -0.497 e. The Morgan fingerprint density at radius 3 is 2.26 bits per heavy atom. The van der Waals surface area contributed by atoms with Crippen LogP contribution in [0.5, 0.6) is 5.75 Å². The number of anilines is 1. The highest BCUT2D eigenvalue weighted by Crippen LogP contribution is 2.29. The topological polar surface area (TPSA) is 139 Å². The van der Waals surface area contributed by atoms with Gasteiger partial charge in [-0.05, 0) is 71.0 Å². The maximum atomic E-state index is 14.7. The molecule has 13 heteroatoms. The second-order valence-corrected chi connectivity index (χ2v) is 12.8. The molecule has 0 aliphatic heterocycles. The van der Waals surface area contributed by atoms with Crippen molar-refractivity contribution < 1.29 is 32.1 Å². The summed E-state index contributed by atoms with van der Waals surface area (Å²) in [5.74, 6) is -1.51. The fourth-order valence-corrected chi connectivity index (χ4v) is 5.65. The number of sulfonamides is 1. The third kappa shape index (κ3) is 8.07. The number of halogens is 1. The van der Waals surface area contributed by atoms with Crippen LogP contribution in [0.2, 0.25) is 0 Å². The highest BCUT2D eigenvalue weighted by Gasteiger charge is 2.34. The van der Waals surface area contributed by atoms with Crippen LogP contribution >= 0.6 is 0 Å². The van der Waals surface area contributed by atoms with Gasteiger partial charge < -0.3 is 15.0 Å². The Morgan fingerprint density at radius 2 is 1.70 bits per heavy atom. The van der Waals surface area contributed by atoms with Crippen molar-refractivity contribution in [3.05, 3.63) is 93.8 Å². The van der Waals surface area contributed by atoms with Gasteiger partial charge in [0.2, 0.25) is 11.8 Å². The monoisotopic (exact) mass is 614 g/mol. The lowest BCUT2D eigenvalue weighted by atomic mass is 10.1. The van der Waals surface area contributed by atoms with E-state index in [0.717, 1.165) is 15.3 Å². The highest BCUT2D eigenvalue weighted by molar-refractivity contribution is 7.92. The third-order valence-electron chi connectivity index (χ3n) is 6.57. The Kier molecular flexibility index (Phi) is 10.1. The molecule has 0 aliphatic carbocycles. The molecule has 0 bridgehead atoms. The number of nitro benzene ring substituents is 1. The molecule has 0 heterocycles. The molecule has 0 aromatic heterocycles. The van der Waals surface area contributed by atoms with Crippen LogP contribution in [0.3, 0.4) is 0 Å². The van der Waals surface area contributed by atoms with Crippen molar-refractivity contribution in [2.24, 2.45) is 0 Å². The molecule has 0 saturated carbocycles. The number of ether oxygens (including phenoxy) is 1. The zero-order valence-corrected chi connectivity index (χ0v) is 25.6. The molecule has 1 atom stereocenters. The minimum atomic E-state index is -4.56. The zero-order chi connectivity index (χ0) is 32.1. The summed E-state index contributed by atoms with van der Waals surface area (Å²) in [6.07, 6.45) is 0. The van der Waals surface area contributed by atoms with E-state index in [1.807, 2.05) is 0 Å². The molecular formula is C30H35FN4O7S. The van der Waals surface area contributed by atoms with Crippen LogP contribution in [0, 0.1) is 22.9 Å². The van der Waals surface area contributed by atoms with E-state index in [1.165, 1.54) is 75.6 Å². The summed E-state index contributed by atoms with van der Waals surface area (Å²) in [5.41, 5.74) is -0.604. The van der Waals surface area contributed by atoms with Gasteiger partial charge in [-0.15, -0.1) is 0 Å². The van der Waals surface area contributed by atoms with Crippen molar-refractivity contribution in [2.45, 2.75) is 57.6 Å². The lowest BCUT2D eigenvalue weighted by Gasteiger charge is -2.33. The molecule has 3 aromatic rings. The molecule has 0 aliphatic rings. The van der Waals surface area contributed by atoms with Gasteiger partial charge in [0.1, 0.15) is 24.2 Å². The summed E-state index contributed by atoms with van der Waals surface area (Å²) >= 11 is 0. The first kappa shape index (κ1) is 33.0. The molecule has 11 nitrogen and oxygen atoms in total. The van der Waals surface area contributed by atoms with E-state index in [4.69, 9.17) is 4.74 Å². The summed E-state index contributed by atoms with van der Waals surface area (Å²) in [6.45, 7) is 7.12. The van der Waals surface area contributed by atoms with E-state index in [1.54, 1.807) is 26.8 Å². The molecular weight excluding hydrogens is 579 g/mol. The predicted molar refractivity (Wildman–Crippen MR) is 160 cm³/mol. The lowest BCUT2D eigenvalue weighted by Crippen LogP contribution is -2.54. The van der Waals surface area contributed by atoms with Gasteiger partial charge in [0, 0.05) is 29.3 Å². The number of amides is 2. The van der Waals surface area contributed by atoms with Crippen molar-refractivity contribution in [1.82, 2.24) is 10.2 Å². The van der Waals surface area contributed by atoms with Gasteiger partial charge in [0.15, 0.2) is 0 Å². The van der Waals surface area contributed by atoms with Crippen molar-refractivity contribution in [1.29, 1.82) is 0 Å². The van der Waals surface area contributed by atoms with Crippen molar-refractivity contribution in [3.63, 3.8) is 0 Å². The number of carbonyl (C=O) groups is 2. The number of nitrogens with one attached hydrogen (secondary N) is 1. The van der Waals surface area contributed by atoms with Crippen molar-refractivity contribution in [3.8, 4) is 5.75 Å². The SMILES string of the molecule is COc1ccc(N(CC(=O)N(Cc2ccccc2F)C(C)C(=O)NC(C)(C)C)S(=O)(=O)c2ccc(C)c([N+](=O)[O-])c2)cc1. The molecule has 230 valence electrons. The summed E-state index contributed by atoms with van der Waals surface area (Å²) in [4.78, 5) is 38.7. The number of carbonyl (C=O) groups excluding carboxylic acids is 2. The molecule has 1 N–H and O–H groups in total. The van der Waals surface area contributed by atoms with E-state index in [0.29, 0.717) is 5.75 Å². The molecule has 0 fully saturated rings. The fraction of sp³-hybridized carbons (Fsp3) is 0.333. The number of nitro groups is 1. The summed E-state index contributed by atoms with van der Waals surface area (Å²) in [7, 11) is -3.13. The van der Waals surface area contributed by atoms with Crippen LogP contribution in [-0.4, -0.2) is 55.3 Å². The van der Waals surface area contributed by atoms with Crippen LogP contribution in [0.1, 0.15) is 38.8 Å². The molecule has 0 radical (unpaired) electrons. The first-order valence-electron chi connectivity index (χ1n) is 13.3.